The van der Waals surface area contributed by atoms with Crippen LogP contribution in [0.5, 0.6) is 0 Å². The lowest BCUT2D eigenvalue weighted by molar-refractivity contribution is 0.248. The number of hydrogen-bond donors (Lipinski definition) is 1. The summed E-state index contributed by atoms with van der Waals surface area (Å²) in [6.45, 7) is 4.41. The van der Waals surface area contributed by atoms with Crippen LogP contribution in [0.4, 0.5) is 5.69 Å². The van der Waals surface area contributed by atoms with Gasteiger partial charge >= 0.3 is 0 Å². The predicted molar refractivity (Wildman–Crippen MR) is 78.0 cm³/mol. The molecule has 1 aliphatic rings. The summed E-state index contributed by atoms with van der Waals surface area (Å²) < 4.78 is 0. The Hall–Kier alpha value is -1.06. The first-order chi connectivity index (χ1) is 8.58. The Morgan fingerprint density at radius 2 is 2.00 bits per heavy atom. The van der Waals surface area contributed by atoms with E-state index in [1.54, 1.807) is 0 Å². The first kappa shape index (κ1) is 13.4. The summed E-state index contributed by atoms with van der Waals surface area (Å²) in [7, 11) is 4.41. The second kappa shape index (κ2) is 5.72. The molecule has 2 atom stereocenters. The molecule has 1 heterocycles. The van der Waals surface area contributed by atoms with Gasteiger partial charge in [0.25, 0.3) is 0 Å². The van der Waals surface area contributed by atoms with Crippen molar-refractivity contribution in [3.05, 3.63) is 29.8 Å². The molecule has 1 aliphatic heterocycles. The van der Waals surface area contributed by atoms with Crippen LogP contribution in [0, 0.1) is 0 Å². The highest BCUT2D eigenvalue weighted by molar-refractivity contribution is 5.48. The second-order valence-corrected chi connectivity index (χ2v) is 5.55. The van der Waals surface area contributed by atoms with E-state index >= 15 is 0 Å². The van der Waals surface area contributed by atoms with Gasteiger partial charge in [-0.05, 0) is 51.1 Å². The standard InChI is InChI=1S/C15H25N3/c1-12(16)13-6-8-14(9-7-13)18(3)15-5-4-10-17(2)11-15/h6-9,12,15H,4-5,10-11,16H2,1-3H3/t12-,15?/m1/s1. The Balaban J connectivity index is 2.05. The average Bonchev–Trinajstić information content (AvgIpc) is 2.38. The topological polar surface area (TPSA) is 32.5 Å². The fourth-order valence-electron chi connectivity index (χ4n) is 2.68. The molecule has 0 aliphatic carbocycles. The van der Waals surface area contributed by atoms with Crippen molar-refractivity contribution in [1.82, 2.24) is 4.90 Å². The summed E-state index contributed by atoms with van der Waals surface area (Å²) in [5.74, 6) is 0. The number of piperidine rings is 1. The van der Waals surface area contributed by atoms with Crippen molar-refractivity contribution in [1.29, 1.82) is 0 Å². The largest absolute Gasteiger partial charge is 0.370 e. The molecule has 0 amide bonds. The van der Waals surface area contributed by atoms with E-state index in [0.717, 1.165) is 6.54 Å². The molecule has 1 saturated heterocycles. The fraction of sp³-hybridized carbons (Fsp3) is 0.600. The van der Waals surface area contributed by atoms with E-state index in [-0.39, 0.29) is 6.04 Å². The molecule has 0 bridgehead atoms. The molecule has 1 unspecified atom stereocenters. The van der Waals surface area contributed by atoms with Gasteiger partial charge in [0, 0.05) is 31.4 Å². The van der Waals surface area contributed by atoms with E-state index in [9.17, 15) is 0 Å². The van der Waals surface area contributed by atoms with Crippen LogP contribution in [0.3, 0.4) is 0 Å². The zero-order chi connectivity index (χ0) is 13.1. The quantitative estimate of drug-likeness (QED) is 0.889. The lowest BCUT2D eigenvalue weighted by atomic mass is 10.0. The highest BCUT2D eigenvalue weighted by atomic mass is 15.2. The molecule has 18 heavy (non-hydrogen) atoms. The van der Waals surface area contributed by atoms with Crippen LogP contribution in [0.2, 0.25) is 0 Å². The SMILES string of the molecule is C[C@@H](N)c1ccc(N(C)C2CCCN(C)C2)cc1. The minimum atomic E-state index is 0.116. The van der Waals surface area contributed by atoms with Crippen LogP contribution in [0.15, 0.2) is 24.3 Å². The fourth-order valence-corrected chi connectivity index (χ4v) is 2.68. The number of hydrogen-bond acceptors (Lipinski definition) is 3. The van der Waals surface area contributed by atoms with Gasteiger partial charge in [-0.2, -0.15) is 0 Å². The maximum atomic E-state index is 5.88. The molecule has 3 heteroatoms. The van der Waals surface area contributed by atoms with Gasteiger partial charge in [-0.3, -0.25) is 0 Å². The minimum Gasteiger partial charge on any atom is -0.370 e. The van der Waals surface area contributed by atoms with Crippen LogP contribution in [0.25, 0.3) is 0 Å². The number of benzene rings is 1. The lowest BCUT2D eigenvalue weighted by Gasteiger charge is -2.37. The van der Waals surface area contributed by atoms with Crippen LogP contribution in [-0.2, 0) is 0 Å². The highest BCUT2D eigenvalue weighted by Crippen LogP contribution is 2.22. The molecule has 1 fully saturated rings. The minimum absolute atomic E-state index is 0.116. The third-order valence-electron chi connectivity index (χ3n) is 3.97. The van der Waals surface area contributed by atoms with E-state index in [0.29, 0.717) is 6.04 Å². The van der Waals surface area contributed by atoms with Crippen LogP contribution < -0.4 is 10.6 Å². The Morgan fingerprint density at radius 1 is 1.33 bits per heavy atom. The van der Waals surface area contributed by atoms with E-state index < -0.39 is 0 Å². The second-order valence-electron chi connectivity index (χ2n) is 5.55. The molecule has 0 radical (unpaired) electrons. The van der Waals surface area contributed by atoms with Crippen molar-refractivity contribution < 1.29 is 0 Å². The zero-order valence-electron chi connectivity index (χ0n) is 11.8. The molecule has 2 rings (SSSR count). The average molecular weight is 247 g/mol. The number of likely N-dealkylation sites (tertiary alicyclic amines) is 1. The Kier molecular flexibility index (Phi) is 4.25. The number of nitrogens with zero attached hydrogens (tertiary/aromatic N) is 2. The van der Waals surface area contributed by atoms with Crippen molar-refractivity contribution in [3.63, 3.8) is 0 Å². The van der Waals surface area contributed by atoms with Crippen molar-refractivity contribution in [3.8, 4) is 0 Å². The van der Waals surface area contributed by atoms with Gasteiger partial charge in [0.15, 0.2) is 0 Å². The van der Waals surface area contributed by atoms with Gasteiger partial charge in [0.2, 0.25) is 0 Å². The summed E-state index contributed by atoms with van der Waals surface area (Å²) in [5, 5.41) is 0. The molecule has 0 spiro atoms. The monoisotopic (exact) mass is 247 g/mol. The van der Waals surface area contributed by atoms with Gasteiger partial charge in [-0.25, -0.2) is 0 Å². The number of rotatable bonds is 3. The number of nitrogens with two attached hydrogens (primary N) is 1. The van der Waals surface area contributed by atoms with Crippen LogP contribution >= 0.6 is 0 Å². The zero-order valence-corrected chi connectivity index (χ0v) is 11.8. The Bertz CT molecular complexity index is 372. The van der Waals surface area contributed by atoms with Gasteiger partial charge < -0.3 is 15.5 Å². The van der Waals surface area contributed by atoms with Crippen LogP contribution in [0.1, 0.15) is 31.4 Å². The molecule has 0 aromatic heterocycles. The van der Waals surface area contributed by atoms with E-state index in [4.69, 9.17) is 5.73 Å². The predicted octanol–water partition coefficient (Wildman–Crippen LogP) is 2.24. The number of likely N-dealkylation sites (N-methyl/N-ethyl adjacent to an activating group) is 2. The van der Waals surface area contributed by atoms with Crippen molar-refractivity contribution in [2.24, 2.45) is 5.73 Å². The summed E-state index contributed by atoms with van der Waals surface area (Å²) in [5.41, 5.74) is 8.37. The third kappa shape index (κ3) is 3.03. The normalized spacial score (nSPS) is 22.8. The molecular weight excluding hydrogens is 222 g/mol. The van der Waals surface area contributed by atoms with Gasteiger partial charge in [-0.15, -0.1) is 0 Å². The molecule has 1 aromatic rings. The molecule has 3 nitrogen and oxygen atoms in total. The smallest absolute Gasteiger partial charge is 0.0414 e. The molecule has 100 valence electrons. The lowest BCUT2D eigenvalue weighted by Crippen LogP contribution is -2.45. The first-order valence-corrected chi connectivity index (χ1v) is 6.85. The summed E-state index contributed by atoms with van der Waals surface area (Å²) in [6.07, 6.45) is 2.58. The van der Waals surface area contributed by atoms with Gasteiger partial charge in [-0.1, -0.05) is 12.1 Å². The maximum Gasteiger partial charge on any atom is 0.0414 e. The van der Waals surface area contributed by atoms with E-state index in [2.05, 4.69) is 48.2 Å². The Morgan fingerprint density at radius 3 is 2.56 bits per heavy atom. The van der Waals surface area contributed by atoms with E-state index in [1.807, 2.05) is 6.92 Å². The molecular formula is C15H25N3. The summed E-state index contributed by atoms with van der Waals surface area (Å²) in [6, 6.07) is 9.40. The van der Waals surface area contributed by atoms with Crippen molar-refractivity contribution in [2.45, 2.75) is 31.8 Å². The number of anilines is 1. The van der Waals surface area contributed by atoms with E-state index in [1.165, 1.54) is 30.6 Å². The highest BCUT2D eigenvalue weighted by Gasteiger charge is 2.21. The molecule has 2 N–H and O–H groups in total. The summed E-state index contributed by atoms with van der Waals surface area (Å²) >= 11 is 0. The molecule has 1 aromatic carbocycles. The van der Waals surface area contributed by atoms with Gasteiger partial charge in [0.05, 0.1) is 0 Å². The van der Waals surface area contributed by atoms with Gasteiger partial charge in [0.1, 0.15) is 0 Å². The first-order valence-electron chi connectivity index (χ1n) is 6.85. The van der Waals surface area contributed by atoms with Crippen molar-refractivity contribution >= 4 is 5.69 Å². The van der Waals surface area contributed by atoms with Crippen LogP contribution in [-0.4, -0.2) is 38.1 Å². The maximum absolute atomic E-state index is 5.88. The van der Waals surface area contributed by atoms with Crippen molar-refractivity contribution in [2.75, 3.05) is 32.1 Å². The summed E-state index contributed by atoms with van der Waals surface area (Å²) in [4.78, 5) is 4.82. The Labute approximate surface area is 111 Å². The molecule has 0 saturated carbocycles. The third-order valence-corrected chi connectivity index (χ3v) is 3.97.